The molecule has 1 heterocycles. The standard InChI is InChI=1S/C22H21Cl2N3O3S/c23-14-7-8-16(17(24)10-14)18-12-31-22(26-15-4-2-1-3-5-15)27(18)25-11-13-6-9-19(28)21(30)20(13)29/h6-12,15,28-30H,1-5H2. The fourth-order valence-corrected chi connectivity index (χ4v) is 4.96. The smallest absolute Gasteiger partial charge is 0.206 e. The number of hydrogen-bond acceptors (Lipinski definition) is 6. The second-order valence-electron chi connectivity index (χ2n) is 7.38. The molecule has 1 fully saturated rings. The number of thiazole rings is 1. The highest BCUT2D eigenvalue weighted by Gasteiger charge is 2.16. The molecule has 0 saturated heterocycles. The highest BCUT2D eigenvalue weighted by Crippen LogP contribution is 2.36. The van der Waals surface area contributed by atoms with Gasteiger partial charge >= 0.3 is 0 Å². The van der Waals surface area contributed by atoms with Crippen molar-refractivity contribution in [2.45, 2.75) is 38.1 Å². The maximum absolute atomic E-state index is 10.1. The molecule has 162 valence electrons. The highest BCUT2D eigenvalue weighted by atomic mass is 35.5. The van der Waals surface area contributed by atoms with Gasteiger partial charge in [-0.25, -0.2) is 4.68 Å². The Bertz CT molecular complexity index is 1200. The summed E-state index contributed by atoms with van der Waals surface area (Å²) in [5.41, 5.74) is 1.74. The van der Waals surface area contributed by atoms with E-state index in [1.54, 1.807) is 16.8 Å². The zero-order valence-corrected chi connectivity index (χ0v) is 18.8. The lowest BCUT2D eigenvalue weighted by molar-refractivity contribution is 0.367. The molecule has 1 aliphatic rings. The number of aromatic nitrogens is 1. The molecule has 0 bridgehead atoms. The number of benzene rings is 2. The number of halogens is 2. The minimum atomic E-state index is -0.590. The molecule has 0 spiro atoms. The topological polar surface area (TPSA) is 90.3 Å². The molecule has 0 amide bonds. The average Bonchev–Trinajstić information content (AvgIpc) is 3.14. The maximum Gasteiger partial charge on any atom is 0.206 e. The first-order chi connectivity index (χ1) is 14.9. The van der Waals surface area contributed by atoms with Crippen molar-refractivity contribution >= 4 is 40.8 Å². The molecule has 2 aromatic carbocycles. The van der Waals surface area contributed by atoms with Crippen molar-refractivity contribution in [3.05, 3.63) is 56.1 Å². The van der Waals surface area contributed by atoms with Crippen molar-refractivity contribution in [1.82, 2.24) is 4.68 Å². The summed E-state index contributed by atoms with van der Waals surface area (Å²) in [7, 11) is 0. The van der Waals surface area contributed by atoms with Crippen molar-refractivity contribution in [3.8, 4) is 28.5 Å². The van der Waals surface area contributed by atoms with Crippen LogP contribution in [0.15, 0.2) is 45.8 Å². The molecular weight excluding hydrogens is 457 g/mol. The minimum Gasteiger partial charge on any atom is -0.504 e. The van der Waals surface area contributed by atoms with E-state index >= 15 is 0 Å². The Morgan fingerprint density at radius 3 is 2.52 bits per heavy atom. The van der Waals surface area contributed by atoms with Crippen molar-refractivity contribution < 1.29 is 15.3 Å². The van der Waals surface area contributed by atoms with E-state index < -0.39 is 17.2 Å². The summed E-state index contributed by atoms with van der Waals surface area (Å²) in [6, 6.07) is 8.26. The van der Waals surface area contributed by atoms with Gasteiger partial charge in [0.1, 0.15) is 0 Å². The Hall–Kier alpha value is -2.48. The Labute approximate surface area is 193 Å². The Kier molecular flexibility index (Phi) is 6.55. The van der Waals surface area contributed by atoms with Gasteiger partial charge in [-0.15, -0.1) is 11.3 Å². The van der Waals surface area contributed by atoms with Gasteiger partial charge in [0.2, 0.25) is 10.6 Å². The molecule has 1 aromatic heterocycles. The van der Waals surface area contributed by atoms with Crippen LogP contribution in [-0.2, 0) is 0 Å². The molecule has 31 heavy (non-hydrogen) atoms. The molecule has 1 saturated carbocycles. The second-order valence-corrected chi connectivity index (χ2v) is 9.06. The summed E-state index contributed by atoms with van der Waals surface area (Å²) in [6.45, 7) is 0. The SMILES string of the molecule is Oc1ccc(C=Nn2c(-c3ccc(Cl)cc3Cl)csc2=NC2CCCCC2)c(O)c1O. The molecule has 1 aliphatic carbocycles. The first-order valence-corrected chi connectivity index (χ1v) is 11.6. The van der Waals surface area contributed by atoms with E-state index in [1.165, 1.54) is 48.9 Å². The van der Waals surface area contributed by atoms with E-state index in [-0.39, 0.29) is 11.6 Å². The minimum absolute atomic E-state index is 0.244. The van der Waals surface area contributed by atoms with Crippen molar-refractivity contribution in [2.75, 3.05) is 0 Å². The van der Waals surface area contributed by atoms with E-state index in [1.807, 2.05) is 11.4 Å². The van der Waals surface area contributed by atoms with Gasteiger partial charge in [-0.1, -0.05) is 42.5 Å². The third-order valence-electron chi connectivity index (χ3n) is 5.23. The summed E-state index contributed by atoms with van der Waals surface area (Å²) >= 11 is 14.0. The van der Waals surface area contributed by atoms with Crippen LogP contribution in [0.2, 0.25) is 10.0 Å². The lowest BCUT2D eigenvalue weighted by atomic mass is 9.96. The van der Waals surface area contributed by atoms with Crippen LogP contribution < -0.4 is 4.80 Å². The van der Waals surface area contributed by atoms with Gasteiger partial charge in [-0.3, -0.25) is 4.99 Å². The molecule has 0 aliphatic heterocycles. The second kappa shape index (κ2) is 9.34. The Balaban J connectivity index is 1.82. The number of aromatic hydroxyl groups is 3. The number of nitrogens with zero attached hydrogens (tertiary/aromatic N) is 3. The van der Waals surface area contributed by atoms with E-state index in [2.05, 4.69) is 5.10 Å². The van der Waals surface area contributed by atoms with E-state index in [9.17, 15) is 15.3 Å². The summed E-state index contributed by atoms with van der Waals surface area (Å²) in [5.74, 6) is -1.44. The predicted molar refractivity (Wildman–Crippen MR) is 125 cm³/mol. The highest BCUT2D eigenvalue weighted by molar-refractivity contribution is 7.07. The zero-order valence-electron chi connectivity index (χ0n) is 16.5. The quantitative estimate of drug-likeness (QED) is 0.329. The third kappa shape index (κ3) is 4.74. The number of hydrogen-bond donors (Lipinski definition) is 3. The van der Waals surface area contributed by atoms with E-state index in [4.69, 9.17) is 28.2 Å². The van der Waals surface area contributed by atoms with Gasteiger partial charge in [0.25, 0.3) is 0 Å². The van der Waals surface area contributed by atoms with Crippen molar-refractivity contribution in [3.63, 3.8) is 0 Å². The van der Waals surface area contributed by atoms with Crippen LogP contribution >= 0.6 is 34.5 Å². The molecule has 3 N–H and O–H groups in total. The summed E-state index contributed by atoms with van der Waals surface area (Å²) in [6.07, 6.45) is 7.08. The zero-order chi connectivity index (χ0) is 22.0. The molecule has 0 unspecified atom stereocenters. The predicted octanol–water partition coefficient (Wildman–Crippen LogP) is 5.76. The van der Waals surface area contributed by atoms with Crippen LogP contribution in [0.5, 0.6) is 17.2 Å². The lowest BCUT2D eigenvalue weighted by Crippen LogP contribution is -2.19. The van der Waals surface area contributed by atoms with E-state index in [0.717, 1.165) is 24.1 Å². The van der Waals surface area contributed by atoms with Gasteiger partial charge < -0.3 is 15.3 Å². The normalized spacial score (nSPS) is 15.7. The summed E-state index contributed by atoms with van der Waals surface area (Å²) in [4.78, 5) is 5.64. The number of rotatable bonds is 4. The van der Waals surface area contributed by atoms with Crippen LogP contribution in [0.3, 0.4) is 0 Å². The van der Waals surface area contributed by atoms with Gasteiger partial charge in [-0.2, -0.15) is 5.10 Å². The van der Waals surface area contributed by atoms with E-state index in [0.29, 0.717) is 14.8 Å². The molecule has 0 atom stereocenters. The monoisotopic (exact) mass is 477 g/mol. The molecule has 4 rings (SSSR count). The Morgan fingerprint density at radius 2 is 1.77 bits per heavy atom. The molecule has 3 aromatic rings. The van der Waals surface area contributed by atoms with Crippen LogP contribution in [0.25, 0.3) is 11.3 Å². The molecule has 6 nitrogen and oxygen atoms in total. The number of phenols is 3. The van der Waals surface area contributed by atoms with Crippen molar-refractivity contribution in [2.24, 2.45) is 10.1 Å². The largest absolute Gasteiger partial charge is 0.504 e. The van der Waals surface area contributed by atoms with Gasteiger partial charge in [0.05, 0.1) is 23.0 Å². The fraction of sp³-hybridized carbons (Fsp3) is 0.273. The number of phenolic OH excluding ortho intramolecular Hbond substituents is 3. The first kappa shape index (κ1) is 21.7. The molecular formula is C22H21Cl2N3O3S. The lowest BCUT2D eigenvalue weighted by Gasteiger charge is -2.16. The van der Waals surface area contributed by atoms with Gasteiger partial charge in [-0.05, 0) is 43.2 Å². The fourth-order valence-electron chi connectivity index (χ4n) is 3.56. The molecule has 9 heteroatoms. The molecule has 0 radical (unpaired) electrons. The summed E-state index contributed by atoms with van der Waals surface area (Å²) < 4.78 is 1.68. The maximum atomic E-state index is 10.1. The summed E-state index contributed by atoms with van der Waals surface area (Å²) in [5, 5.41) is 37.0. The van der Waals surface area contributed by atoms with Gasteiger partial charge in [0, 0.05) is 21.5 Å². The van der Waals surface area contributed by atoms with Crippen LogP contribution in [0.1, 0.15) is 37.7 Å². The van der Waals surface area contributed by atoms with Crippen LogP contribution in [0.4, 0.5) is 0 Å². The van der Waals surface area contributed by atoms with Crippen molar-refractivity contribution in [1.29, 1.82) is 0 Å². The Morgan fingerprint density at radius 1 is 1.00 bits per heavy atom. The average molecular weight is 478 g/mol. The third-order valence-corrected chi connectivity index (χ3v) is 6.61. The first-order valence-electron chi connectivity index (χ1n) is 9.92. The van der Waals surface area contributed by atoms with Crippen LogP contribution in [0, 0.1) is 0 Å². The van der Waals surface area contributed by atoms with Crippen LogP contribution in [-0.4, -0.2) is 32.3 Å². The van der Waals surface area contributed by atoms with Gasteiger partial charge in [0.15, 0.2) is 11.5 Å².